The molecule has 3 heteroatoms. The van der Waals surface area contributed by atoms with Crippen LogP contribution in [-0.4, -0.2) is 0 Å². The minimum Gasteiger partial charge on any atom is -0.323 e. The van der Waals surface area contributed by atoms with E-state index in [2.05, 4.69) is 26.0 Å². The Morgan fingerprint density at radius 1 is 1.50 bits per heavy atom. The van der Waals surface area contributed by atoms with Crippen molar-refractivity contribution in [2.24, 2.45) is 5.73 Å². The van der Waals surface area contributed by atoms with Crippen molar-refractivity contribution in [2.75, 3.05) is 0 Å². The summed E-state index contributed by atoms with van der Waals surface area (Å²) in [6, 6.07) is 4.54. The van der Waals surface area contributed by atoms with E-state index in [4.69, 9.17) is 5.73 Å². The van der Waals surface area contributed by atoms with Gasteiger partial charge in [-0.2, -0.15) is 0 Å². The van der Waals surface area contributed by atoms with Gasteiger partial charge in [-0.05, 0) is 25.5 Å². The van der Waals surface area contributed by atoms with Gasteiger partial charge in [0.2, 0.25) is 0 Å². The van der Waals surface area contributed by atoms with Crippen molar-refractivity contribution >= 4 is 23.7 Å². The monoisotopic (exact) mass is 205 g/mol. The van der Waals surface area contributed by atoms with Crippen molar-refractivity contribution in [3.63, 3.8) is 0 Å². The predicted molar refractivity (Wildman–Crippen MR) is 58.1 cm³/mol. The fraction of sp³-hybridized carbons (Fsp3) is 0.556. The number of hydrogen-bond donors (Lipinski definition) is 1. The van der Waals surface area contributed by atoms with Crippen molar-refractivity contribution in [2.45, 2.75) is 32.7 Å². The lowest BCUT2D eigenvalue weighted by Crippen LogP contribution is -2.07. The van der Waals surface area contributed by atoms with Crippen LogP contribution in [0.25, 0.3) is 0 Å². The summed E-state index contributed by atoms with van der Waals surface area (Å²) >= 11 is 1.81. The molecule has 0 radical (unpaired) electrons. The molecule has 0 aliphatic heterocycles. The highest BCUT2D eigenvalue weighted by molar-refractivity contribution is 7.12. The van der Waals surface area contributed by atoms with Gasteiger partial charge in [-0.1, -0.05) is 13.3 Å². The maximum atomic E-state index is 5.93. The third-order valence-electron chi connectivity index (χ3n) is 1.73. The van der Waals surface area contributed by atoms with Gasteiger partial charge >= 0.3 is 0 Å². The number of aryl methyl sites for hydroxylation is 1. The van der Waals surface area contributed by atoms with Gasteiger partial charge in [-0.3, -0.25) is 0 Å². The molecule has 1 aromatic rings. The summed E-state index contributed by atoms with van der Waals surface area (Å²) in [6.07, 6.45) is 2.26. The maximum Gasteiger partial charge on any atom is 0.0389 e. The zero-order valence-corrected chi connectivity index (χ0v) is 9.17. The van der Waals surface area contributed by atoms with Crippen LogP contribution in [0.2, 0.25) is 0 Å². The molecule has 0 aliphatic rings. The highest BCUT2D eigenvalue weighted by Gasteiger charge is 2.05. The summed E-state index contributed by atoms with van der Waals surface area (Å²) < 4.78 is 0. The second-order valence-corrected chi connectivity index (χ2v) is 4.16. The Morgan fingerprint density at radius 3 is 2.58 bits per heavy atom. The van der Waals surface area contributed by atoms with Gasteiger partial charge < -0.3 is 5.73 Å². The minimum atomic E-state index is 0. The molecule has 0 amide bonds. The molecule has 0 unspecified atom stereocenters. The molecular weight excluding hydrogens is 190 g/mol. The summed E-state index contributed by atoms with van der Waals surface area (Å²) in [6.45, 7) is 4.28. The number of rotatable bonds is 3. The van der Waals surface area contributed by atoms with Crippen LogP contribution >= 0.6 is 23.7 Å². The zero-order valence-electron chi connectivity index (χ0n) is 7.54. The molecule has 0 aliphatic carbocycles. The van der Waals surface area contributed by atoms with Crippen molar-refractivity contribution in [1.82, 2.24) is 0 Å². The topological polar surface area (TPSA) is 26.0 Å². The molecule has 1 nitrogen and oxygen atoms in total. The molecule has 0 saturated heterocycles. The molecule has 0 spiro atoms. The summed E-state index contributed by atoms with van der Waals surface area (Å²) in [5.41, 5.74) is 5.93. The Kier molecular flexibility index (Phi) is 5.55. The smallest absolute Gasteiger partial charge is 0.0389 e. The average Bonchev–Trinajstić information content (AvgIpc) is 2.36. The first-order valence-electron chi connectivity index (χ1n) is 4.06. The largest absolute Gasteiger partial charge is 0.323 e. The average molecular weight is 206 g/mol. The molecule has 1 rings (SSSR count). The molecule has 0 fully saturated rings. The number of hydrogen-bond acceptors (Lipinski definition) is 2. The molecule has 1 heterocycles. The highest BCUT2D eigenvalue weighted by atomic mass is 35.5. The Bertz CT molecular complexity index is 222. The lowest BCUT2D eigenvalue weighted by molar-refractivity contribution is 0.648. The summed E-state index contributed by atoms with van der Waals surface area (Å²) in [7, 11) is 0. The van der Waals surface area contributed by atoms with E-state index in [1.54, 1.807) is 0 Å². The molecular formula is C9H16ClNS. The molecule has 0 aromatic carbocycles. The van der Waals surface area contributed by atoms with Crippen LogP contribution in [0.15, 0.2) is 12.1 Å². The van der Waals surface area contributed by atoms with E-state index in [1.165, 1.54) is 9.75 Å². The van der Waals surface area contributed by atoms with Crippen molar-refractivity contribution < 1.29 is 0 Å². The molecule has 0 bridgehead atoms. The first-order valence-corrected chi connectivity index (χ1v) is 4.87. The van der Waals surface area contributed by atoms with Gasteiger partial charge in [0.05, 0.1) is 0 Å². The molecule has 2 N–H and O–H groups in total. The Morgan fingerprint density at radius 2 is 2.17 bits per heavy atom. The standard InChI is InChI=1S/C9H15NS.ClH/c1-3-4-8(10)9-6-5-7(2)11-9;/h5-6,8H,3-4,10H2,1-2H3;1H/t8-;/m0./s1. The van der Waals surface area contributed by atoms with E-state index in [9.17, 15) is 0 Å². The van der Waals surface area contributed by atoms with Gasteiger partial charge in [0, 0.05) is 15.8 Å². The van der Waals surface area contributed by atoms with E-state index >= 15 is 0 Å². The molecule has 70 valence electrons. The van der Waals surface area contributed by atoms with Crippen LogP contribution in [0, 0.1) is 6.92 Å². The van der Waals surface area contributed by atoms with E-state index in [-0.39, 0.29) is 18.4 Å². The van der Waals surface area contributed by atoms with Gasteiger partial charge in [0.15, 0.2) is 0 Å². The number of nitrogens with two attached hydrogens (primary N) is 1. The molecule has 12 heavy (non-hydrogen) atoms. The predicted octanol–water partition coefficient (Wildman–Crippen LogP) is 3.28. The van der Waals surface area contributed by atoms with E-state index in [1.807, 2.05) is 11.3 Å². The summed E-state index contributed by atoms with van der Waals surface area (Å²) in [4.78, 5) is 2.68. The summed E-state index contributed by atoms with van der Waals surface area (Å²) in [5, 5.41) is 0. The fourth-order valence-corrected chi connectivity index (χ4v) is 2.02. The van der Waals surface area contributed by atoms with Crippen LogP contribution in [-0.2, 0) is 0 Å². The Balaban J connectivity index is 0.00000121. The van der Waals surface area contributed by atoms with Crippen LogP contribution in [0.3, 0.4) is 0 Å². The van der Waals surface area contributed by atoms with E-state index in [0.717, 1.165) is 12.8 Å². The van der Waals surface area contributed by atoms with Gasteiger partial charge in [-0.15, -0.1) is 23.7 Å². The minimum absolute atomic E-state index is 0. The molecule has 1 atom stereocenters. The quantitative estimate of drug-likeness (QED) is 0.806. The van der Waals surface area contributed by atoms with Gasteiger partial charge in [0.25, 0.3) is 0 Å². The van der Waals surface area contributed by atoms with Gasteiger partial charge in [0.1, 0.15) is 0 Å². The van der Waals surface area contributed by atoms with Crippen molar-refractivity contribution in [3.8, 4) is 0 Å². The van der Waals surface area contributed by atoms with Crippen LogP contribution in [0.5, 0.6) is 0 Å². The van der Waals surface area contributed by atoms with E-state index in [0.29, 0.717) is 0 Å². The van der Waals surface area contributed by atoms with Crippen LogP contribution in [0.4, 0.5) is 0 Å². The second kappa shape index (κ2) is 5.57. The zero-order chi connectivity index (χ0) is 8.27. The second-order valence-electron chi connectivity index (χ2n) is 2.84. The van der Waals surface area contributed by atoms with Gasteiger partial charge in [-0.25, -0.2) is 0 Å². The Hall–Kier alpha value is -0.0500. The van der Waals surface area contributed by atoms with Crippen molar-refractivity contribution in [1.29, 1.82) is 0 Å². The van der Waals surface area contributed by atoms with Crippen LogP contribution in [0.1, 0.15) is 35.6 Å². The molecule has 0 saturated carbocycles. The van der Waals surface area contributed by atoms with Crippen LogP contribution < -0.4 is 5.73 Å². The Labute approximate surface area is 84.4 Å². The number of thiophene rings is 1. The maximum absolute atomic E-state index is 5.93. The number of halogens is 1. The summed E-state index contributed by atoms with van der Waals surface area (Å²) in [5.74, 6) is 0. The first-order chi connectivity index (χ1) is 5.24. The fourth-order valence-electron chi connectivity index (χ4n) is 1.11. The van der Waals surface area contributed by atoms with E-state index < -0.39 is 0 Å². The third-order valence-corrected chi connectivity index (χ3v) is 2.86. The normalized spacial score (nSPS) is 12.2. The SMILES string of the molecule is CCC[C@H](N)c1ccc(C)s1.Cl. The molecule has 1 aromatic heterocycles. The lowest BCUT2D eigenvalue weighted by atomic mass is 10.1. The third kappa shape index (κ3) is 3.13. The first kappa shape index (κ1) is 11.9. The lowest BCUT2D eigenvalue weighted by Gasteiger charge is -2.05. The highest BCUT2D eigenvalue weighted by Crippen LogP contribution is 2.23. The van der Waals surface area contributed by atoms with Crippen molar-refractivity contribution in [3.05, 3.63) is 21.9 Å².